The van der Waals surface area contributed by atoms with Crippen molar-refractivity contribution in [3.63, 3.8) is 0 Å². The monoisotopic (exact) mass is 469 g/mol. The van der Waals surface area contributed by atoms with E-state index < -0.39 is 24.5 Å². The Kier molecular flexibility index (Phi) is 8.14. The van der Waals surface area contributed by atoms with Crippen LogP contribution in [0, 0.1) is 0 Å². The summed E-state index contributed by atoms with van der Waals surface area (Å²) in [6.45, 7) is -3.06. The third-order valence-corrected chi connectivity index (χ3v) is 4.31. The maximum Gasteiger partial charge on any atom is 0.387 e. The van der Waals surface area contributed by atoms with Gasteiger partial charge in [-0.2, -0.15) is 8.78 Å². The summed E-state index contributed by atoms with van der Waals surface area (Å²) < 4.78 is 40.5. The van der Waals surface area contributed by atoms with E-state index >= 15 is 0 Å². The molecule has 0 fully saturated rings. The highest BCUT2D eigenvalue weighted by Crippen LogP contribution is 2.33. The first-order valence-electron chi connectivity index (χ1n) is 8.29. The van der Waals surface area contributed by atoms with Gasteiger partial charge in [0.15, 0.2) is 17.5 Å². The Balaban J connectivity index is 2.23. The van der Waals surface area contributed by atoms with Gasteiger partial charge in [-0.05, 0) is 29.8 Å². The van der Waals surface area contributed by atoms with E-state index in [2.05, 4.69) is 26.0 Å². The van der Waals surface area contributed by atoms with Crippen LogP contribution in [-0.2, 0) is 14.3 Å². The van der Waals surface area contributed by atoms with E-state index in [0.29, 0.717) is 5.56 Å². The van der Waals surface area contributed by atoms with Gasteiger partial charge in [0, 0.05) is 16.1 Å². The number of amides is 1. The quantitative estimate of drug-likeness (QED) is 0.465. The minimum Gasteiger partial charge on any atom is -0.493 e. The van der Waals surface area contributed by atoms with Crippen LogP contribution < -0.4 is 14.8 Å². The summed E-state index contributed by atoms with van der Waals surface area (Å²) in [7, 11) is 2.52. The zero-order valence-corrected chi connectivity index (χ0v) is 17.1. The molecule has 0 radical (unpaired) electrons. The van der Waals surface area contributed by atoms with Gasteiger partial charge in [-0.25, -0.2) is 4.79 Å². The molecule has 1 amide bonds. The van der Waals surface area contributed by atoms with Crippen molar-refractivity contribution < 1.29 is 32.6 Å². The van der Waals surface area contributed by atoms with Crippen LogP contribution in [0.4, 0.5) is 8.78 Å². The molecular weight excluding hydrogens is 452 g/mol. The summed E-state index contributed by atoms with van der Waals surface area (Å²) >= 11 is 3.30. The molecule has 2 aromatic carbocycles. The Hall–Kier alpha value is -2.94. The minimum absolute atomic E-state index is 0.0927. The lowest BCUT2D eigenvalue weighted by Crippen LogP contribution is -2.33. The van der Waals surface area contributed by atoms with E-state index in [4.69, 9.17) is 9.47 Å². The number of ether oxygens (including phenoxy) is 3. The Bertz CT molecular complexity index is 887. The topological polar surface area (TPSA) is 73.9 Å². The van der Waals surface area contributed by atoms with Crippen molar-refractivity contribution in [1.29, 1.82) is 0 Å². The number of rotatable bonds is 8. The molecule has 0 saturated heterocycles. The van der Waals surface area contributed by atoms with Gasteiger partial charge in [-0.15, -0.1) is 0 Å². The summed E-state index contributed by atoms with van der Waals surface area (Å²) in [5, 5.41) is 2.53. The zero-order valence-electron chi connectivity index (χ0n) is 15.5. The standard InChI is InChI=1S/C20H18BrF2NO5/c1-27-15-5-3-4-13(18(15)29-20(22)23)8-11-16(25)24-17(19(26)28-2)12-6-9-14(21)10-7-12/h3-11,17,20H,1-2H3,(H,24,25)/b11-8+. The first-order chi connectivity index (χ1) is 13.8. The molecule has 1 unspecified atom stereocenters. The van der Waals surface area contributed by atoms with Crippen LogP contribution in [-0.4, -0.2) is 32.7 Å². The van der Waals surface area contributed by atoms with E-state index in [1.54, 1.807) is 30.3 Å². The molecule has 0 aromatic heterocycles. The maximum absolute atomic E-state index is 12.7. The van der Waals surface area contributed by atoms with Gasteiger partial charge >= 0.3 is 12.6 Å². The molecule has 0 heterocycles. The fourth-order valence-electron chi connectivity index (χ4n) is 2.45. The van der Waals surface area contributed by atoms with E-state index in [1.807, 2.05) is 0 Å². The number of hydrogen-bond acceptors (Lipinski definition) is 5. The van der Waals surface area contributed by atoms with Gasteiger partial charge in [0.25, 0.3) is 0 Å². The predicted octanol–water partition coefficient (Wildman–Crippen LogP) is 4.10. The third-order valence-electron chi connectivity index (χ3n) is 3.78. The smallest absolute Gasteiger partial charge is 0.387 e. The molecule has 2 rings (SSSR count). The number of halogens is 3. The summed E-state index contributed by atoms with van der Waals surface area (Å²) in [4.78, 5) is 24.4. The highest BCUT2D eigenvalue weighted by atomic mass is 79.9. The number of carbonyl (C=O) groups is 2. The van der Waals surface area contributed by atoms with Crippen LogP contribution >= 0.6 is 15.9 Å². The molecule has 1 atom stereocenters. The molecule has 0 spiro atoms. The number of methoxy groups -OCH3 is 2. The molecule has 0 aliphatic carbocycles. The van der Waals surface area contributed by atoms with Crippen molar-refractivity contribution in [3.8, 4) is 11.5 Å². The van der Waals surface area contributed by atoms with Crippen molar-refractivity contribution in [2.45, 2.75) is 12.7 Å². The molecule has 154 valence electrons. The summed E-state index contributed by atoms with van der Waals surface area (Å²) in [5.41, 5.74) is 0.725. The van der Waals surface area contributed by atoms with Gasteiger partial charge in [0.1, 0.15) is 0 Å². The SMILES string of the molecule is COC(=O)C(NC(=O)/C=C/c1cccc(OC)c1OC(F)F)c1ccc(Br)cc1. The molecule has 6 nitrogen and oxygen atoms in total. The van der Waals surface area contributed by atoms with Crippen LogP contribution in [0.3, 0.4) is 0 Å². The Morgan fingerprint density at radius 1 is 1.10 bits per heavy atom. The van der Waals surface area contributed by atoms with Gasteiger partial charge in [0.05, 0.1) is 14.2 Å². The van der Waals surface area contributed by atoms with E-state index in [-0.39, 0.29) is 17.1 Å². The number of hydrogen-bond donors (Lipinski definition) is 1. The number of benzene rings is 2. The molecule has 0 bridgehead atoms. The largest absolute Gasteiger partial charge is 0.493 e. The van der Waals surface area contributed by atoms with Gasteiger partial charge in [-0.1, -0.05) is 40.2 Å². The fourth-order valence-corrected chi connectivity index (χ4v) is 2.71. The van der Waals surface area contributed by atoms with Crippen LogP contribution in [0.25, 0.3) is 6.08 Å². The minimum atomic E-state index is -3.06. The number of alkyl halides is 2. The molecule has 29 heavy (non-hydrogen) atoms. The number of esters is 1. The number of carbonyl (C=O) groups excluding carboxylic acids is 2. The lowest BCUT2D eigenvalue weighted by Gasteiger charge is -2.16. The highest BCUT2D eigenvalue weighted by molar-refractivity contribution is 9.10. The first-order valence-corrected chi connectivity index (χ1v) is 9.08. The van der Waals surface area contributed by atoms with Crippen LogP contribution in [0.15, 0.2) is 53.0 Å². The second-order valence-corrected chi connectivity index (χ2v) is 6.52. The van der Waals surface area contributed by atoms with E-state index in [0.717, 1.165) is 10.5 Å². The molecule has 9 heteroatoms. The van der Waals surface area contributed by atoms with Crippen LogP contribution in [0.2, 0.25) is 0 Å². The van der Waals surface area contributed by atoms with Crippen molar-refractivity contribution in [2.24, 2.45) is 0 Å². The lowest BCUT2D eigenvalue weighted by molar-refractivity contribution is -0.144. The average Bonchev–Trinajstić information content (AvgIpc) is 2.71. The second-order valence-electron chi connectivity index (χ2n) is 5.61. The third kappa shape index (κ3) is 6.28. The molecule has 2 aromatic rings. The van der Waals surface area contributed by atoms with Crippen molar-refractivity contribution >= 4 is 33.9 Å². The van der Waals surface area contributed by atoms with Crippen LogP contribution in [0.5, 0.6) is 11.5 Å². The fraction of sp³-hybridized carbons (Fsp3) is 0.200. The lowest BCUT2D eigenvalue weighted by atomic mass is 10.1. The van der Waals surface area contributed by atoms with Gasteiger partial charge in [-0.3, -0.25) is 4.79 Å². The molecule has 0 aliphatic rings. The van der Waals surface area contributed by atoms with Crippen molar-refractivity contribution in [1.82, 2.24) is 5.32 Å². The Morgan fingerprint density at radius 3 is 2.38 bits per heavy atom. The van der Waals surface area contributed by atoms with Gasteiger partial charge in [0.2, 0.25) is 5.91 Å². The second kappa shape index (κ2) is 10.6. The van der Waals surface area contributed by atoms with Gasteiger partial charge < -0.3 is 19.5 Å². The molecule has 1 N–H and O–H groups in total. The highest BCUT2D eigenvalue weighted by Gasteiger charge is 2.23. The molecular formula is C20H18BrF2NO5. The van der Waals surface area contributed by atoms with Crippen molar-refractivity contribution in [3.05, 3.63) is 64.1 Å². The predicted molar refractivity (Wildman–Crippen MR) is 106 cm³/mol. The average molecular weight is 470 g/mol. The normalized spacial score (nSPS) is 11.9. The summed E-state index contributed by atoms with van der Waals surface area (Å²) in [6.07, 6.45) is 2.38. The molecule has 0 saturated carbocycles. The first kappa shape index (κ1) is 22.4. The summed E-state index contributed by atoms with van der Waals surface area (Å²) in [6, 6.07) is 10.2. The Labute approximate surface area is 174 Å². The zero-order chi connectivity index (χ0) is 21.4. The number of nitrogens with one attached hydrogen (secondary N) is 1. The van der Waals surface area contributed by atoms with E-state index in [1.165, 1.54) is 32.4 Å². The van der Waals surface area contributed by atoms with Crippen LogP contribution in [0.1, 0.15) is 17.2 Å². The number of para-hydroxylation sites is 1. The summed E-state index contributed by atoms with van der Waals surface area (Å²) in [5.74, 6) is -1.40. The van der Waals surface area contributed by atoms with Crippen molar-refractivity contribution in [2.75, 3.05) is 14.2 Å². The maximum atomic E-state index is 12.7. The Morgan fingerprint density at radius 2 is 1.79 bits per heavy atom. The van der Waals surface area contributed by atoms with E-state index in [9.17, 15) is 18.4 Å². The molecule has 0 aliphatic heterocycles.